The third-order valence-electron chi connectivity index (χ3n) is 3.42. The molecule has 7 nitrogen and oxygen atoms in total. The molecule has 0 amide bonds. The maximum absolute atomic E-state index is 10.9. The first-order chi connectivity index (χ1) is 10.1. The summed E-state index contributed by atoms with van der Waals surface area (Å²) >= 11 is 0. The molecular formula is C14H21N3O4. The molecule has 0 saturated carbocycles. The number of β-amino-alcohol motifs (C(OH)–C–C–N with tert-alkyl or cyclic N) is 1. The van der Waals surface area contributed by atoms with Crippen LogP contribution in [0.3, 0.4) is 0 Å². The quantitative estimate of drug-likeness (QED) is 0.588. The van der Waals surface area contributed by atoms with Crippen LogP contribution in [0, 0.1) is 17.0 Å². The largest absolute Gasteiger partial charge is 0.484 e. The van der Waals surface area contributed by atoms with Gasteiger partial charge in [0.2, 0.25) is 0 Å². The maximum atomic E-state index is 10.9. The summed E-state index contributed by atoms with van der Waals surface area (Å²) in [5, 5.41) is 24.2. The summed E-state index contributed by atoms with van der Waals surface area (Å²) in [6, 6.07) is 4.71. The predicted molar refractivity (Wildman–Crippen MR) is 78.6 cm³/mol. The van der Waals surface area contributed by atoms with Crippen LogP contribution in [0.5, 0.6) is 5.75 Å². The van der Waals surface area contributed by atoms with E-state index in [1.54, 1.807) is 12.1 Å². The van der Waals surface area contributed by atoms with E-state index in [0.29, 0.717) is 6.54 Å². The van der Waals surface area contributed by atoms with Crippen molar-refractivity contribution in [2.75, 3.05) is 39.3 Å². The fourth-order valence-corrected chi connectivity index (χ4v) is 2.32. The summed E-state index contributed by atoms with van der Waals surface area (Å²) in [6.07, 6.45) is -0.664. The van der Waals surface area contributed by atoms with Crippen molar-refractivity contribution in [3.8, 4) is 5.75 Å². The molecule has 0 aliphatic carbocycles. The van der Waals surface area contributed by atoms with Gasteiger partial charge in [0.25, 0.3) is 0 Å². The van der Waals surface area contributed by atoms with E-state index in [1.807, 2.05) is 6.92 Å². The zero-order valence-corrected chi connectivity index (χ0v) is 12.1. The Labute approximate surface area is 123 Å². The monoisotopic (exact) mass is 295 g/mol. The van der Waals surface area contributed by atoms with Gasteiger partial charge in [-0.1, -0.05) is 6.07 Å². The van der Waals surface area contributed by atoms with Crippen molar-refractivity contribution in [2.45, 2.75) is 13.0 Å². The average Bonchev–Trinajstić information content (AvgIpc) is 2.46. The number of nitrogens with one attached hydrogen (secondary N) is 1. The highest BCUT2D eigenvalue weighted by Crippen LogP contribution is 2.27. The highest BCUT2D eigenvalue weighted by molar-refractivity contribution is 5.48. The van der Waals surface area contributed by atoms with Crippen molar-refractivity contribution < 1.29 is 14.8 Å². The van der Waals surface area contributed by atoms with Crippen molar-refractivity contribution >= 4 is 5.69 Å². The lowest BCUT2D eigenvalue weighted by Crippen LogP contribution is -2.47. The summed E-state index contributed by atoms with van der Waals surface area (Å²) in [5.74, 6) is 0.208. The van der Waals surface area contributed by atoms with Crippen molar-refractivity contribution in [1.29, 1.82) is 0 Å². The molecule has 1 aliphatic rings. The summed E-state index contributed by atoms with van der Waals surface area (Å²) in [5.41, 5.74) is 0.808. The number of hydrogen-bond donors (Lipinski definition) is 2. The van der Waals surface area contributed by atoms with Crippen LogP contribution in [-0.2, 0) is 0 Å². The molecule has 1 heterocycles. The number of nitro benzene ring substituents is 1. The molecule has 0 radical (unpaired) electrons. The lowest BCUT2D eigenvalue weighted by atomic mass is 10.2. The number of aliphatic hydroxyl groups is 1. The van der Waals surface area contributed by atoms with Gasteiger partial charge in [-0.25, -0.2) is 0 Å². The number of nitro groups is 1. The molecule has 116 valence electrons. The summed E-state index contributed by atoms with van der Waals surface area (Å²) in [4.78, 5) is 12.6. The molecule has 21 heavy (non-hydrogen) atoms. The van der Waals surface area contributed by atoms with Crippen LogP contribution < -0.4 is 10.1 Å². The van der Waals surface area contributed by atoms with E-state index in [1.165, 1.54) is 6.07 Å². The zero-order valence-electron chi connectivity index (χ0n) is 12.1. The van der Waals surface area contributed by atoms with Gasteiger partial charge >= 0.3 is 5.69 Å². The van der Waals surface area contributed by atoms with Crippen LogP contribution in [0.15, 0.2) is 18.2 Å². The molecule has 1 unspecified atom stereocenters. The Morgan fingerprint density at radius 3 is 2.86 bits per heavy atom. The van der Waals surface area contributed by atoms with E-state index in [2.05, 4.69) is 10.2 Å². The van der Waals surface area contributed by atoms with Crippen molar-refractivity contribution in [3.63, 3.8) is 0 Å². The molecule has 0 bridgehead atoms. The third kappa shape index (κ3) is 4.66. The fraction of sp³-hybridized carbons (Fsp3) is 0.571. The zero-order chi connectivity index (χ0) is 15.2. The van der Waals surface area contributed by atoms with Gasteiger partial charge in [0.1, 0.15) is 12.7 Å². The predicted octanol–water partition coefficient (Wildman–Crippen LogP) is 0.548. The van der Waals surface area contributed by atoms with Gasteiger partial charge in [0.15, 0.2) is 5.75 Å². The smallest absolute Gasteiger partial charge is 0.310 e. The number of piperazine rings is 1. The number of benzene rings is 1. The molecule has 0 aromatic heterocycles. The Kier molecular flexibility index (Phi) is 5.49. The van der Waals surface area contributed by atoms with E-state index in [4.69, 9.17) is 4.74 Å². The van der Waals surface area contributed by atoms with Crippen LogP contribution in [-0.4, -0.2) is 60.4 Å². The number of aliphatic hydroxyl groups excluding tert-OH is 1. The molecule has 1 aromatic carbocycles. The molecular weight excluding hydrogens is 274 g/mol. The van der Waals surface area contributed by atoms with E-state index in [-0.39, 0.29) is 18.0 Å². The minimum Gasteiger partial charge on any atom is -0.484 e. The molecule has 2 N–H and O–H groups in total. The van der Waals surface area contributed by atoms with Gasteiger partial charge in [-0.2, -0.15) is 0 Å². The summed E-state index contributed by atoms with van der Waals surface area (Å²) in [6.45, 7) is 6.01. The number of hydrogen-bond acceptors (Lipinski definition) is 6. The van der Waals surface area contributed by atoms with Gasteiger partial charge in [-0.15, -0.1) is 0 Å². The molecule has 1 atom stereocenters. The number of ether oxygens (including phenoxy) is 1. The highest BCUT2D eigenvalue weighted by atomic mass is 16.6. The van der Waals surface area contributed by atoms with Crippen LogP contribution >= 0.6 is 0 Å². The molecule has 1 saturated heterocycles. The summed E-state index contributed by atoms with van der Waals surface area (Å²) < 4.78 is 5.45. The summed E-state index contributed by atoms with van der Waals surface area (Å²) in [7, 11) is 0. The van der Waals surface area contributed by atoms with E-state index >= 15 is 0 Å². The average molecular weight is 295 g/mol. The van der Waals surface area contributed by atoms with Gasteiger partial charge in [0, 0.05) is 38.8 Å². The fourth-order valence-electron chi connectivity index (χ4n) is 2.32. The van der Waals surface area contributed by atoms with E-state index < -0.39 is 11.0 Å². The Balaban J connectivity index is 1.89. The first-order valence-corrected chi connectivity index (χ1v) is 7.05. The normalized spacial score (nSPS) is 17.4. The highest BCUT2D eigenvalue weighted by Gasteiger charge is 2.18. The topological polar surface area (TPSA) is 87.9 Å². The Hall–Kier alpha value is -1.70. The minimum atomic E-state index is -0.664. The van der Waals surface area contributed by atoms with Gasteiger partial charge in [0.05, 0.1) is 4.92 Å². The molecule has 7 heteroatoms. The molecule has 1 fully saturated rings. The van der Waals surface area contributed by atoms with Crippen LogP contribution in [0.25, 0.3) is 0 Å². The van der Waals surface area contributed by atoms with Crippen LogP contribution in [0.4, 0.5) is 5.69 Å². The molecule has 2 rings (SSSR count). The number of aryl methyl sites for hydroxylation is 1. The first kappa shape index (κ1) is 15.7. The van der Waals surface area contributed by atoms with E-state index in [0.717, 1.165) is 31.7 Å². The maximum Gasteiger partial charge on any atom is 0.310 e. The second-order valence-corrected chi connectivity index (χ2v) is 5.24. The van der Waals surface area contributed by atoms with Crippen molar-refractivity contribution in [3.05, 3.63) is 33.9 Å². The standard InChI is InChI=1S/C14H21N3O4/c1-11-2-3-13(17(19)20)14(8-11)21-10-12(18)9-16-6-4-15-5-7-16/h2-3,8,12,15,18H,4-7,9-10H2,1H3. The van der Waals surface area contributed by atoms with Crippen LogP contribution in [0.1, 0.15) is 5.56 Å². The Morgan fingerprint density at radius 1 is 1.48 bits per heavy atom. The molecule has 1 aliphatic heterocycles. The van der Waals surface area contributed by atoms with Gasteiger partial charge < -0.3 is 15.2 Å². The first-order valence-electron chi connectivity index (χ1n) is 7.05. The van der Waals surface area contributed by atoms with Gasteiger partial charge in [-0.05, 0) is 18.6 Å². The Bertz CT molecular complexity index is 489. The second kappa shape index (κ2) is 7.35. The minimum absolute atomic E-state index is 0.0498. The van der Waals surface area contributed by atoms with Crippen molar-refractivity contribution in [1.82, 2.24) is 10.2 Å². The van der Waals surface area contributed by atoms with E-state index in [9.17, 15) is 15.2 Å². The third-order valence-corrected chi connectivity index (χ3v) is 3.42. The molecule has 1 aromatic rings. The second-order valence-electron chi connectivity index (χ2n) is 5.24. The SMILES string of the molecule is Cc1ccc([N+](=O)[O-])c(OCC(O)CN2CCNCC2)c1. The lowest BCUT2D eigenvalue weighted by molar-refractivity contribution is -0.385. The number of nitrogens with zero attached hydrogens (tertiary/aromatic N) is 2. The van der Waals surface area contributed by atoms with Gasteiger partial charge in [-0.3, -0.25) is 15.0 Å². The lowest BCUT2D eigenvalue weighted by Gasteiger charge is -2.28. The Morgan fingerprint density at radius 2 is 2.19 bits per heavy atom. The molecule has 0 spiro atoms. The van der Waals surface area contributed by atoms with Crippen LogP contribution in [0.2, 0.25) is 0 Å². The van der Waals surface area contributed by atoms with Crippen molar-refractivity contribution in [2.24, 2.45) is 0 Å². The number of rotatable bonds is 6.